The number of hydrogen-bond donors (Lipinski definition) is 1. The van der Waals surface area contributed by atoms with Gasteiger partial charge in [0.25, 0.3) is 0 Å². The fourth-order valence-corrected chi connectivity index (χ4v) is 2.74. The maximum Gasteiger partial charge on any atom is 0.0453 e. The molecule has 16 heavy (non-hydrogen) atoms. The van der Waals surface area contributed by atoms with E-state index in [-0.39, 0.29) is 0 Å². The molecule has 0 spiro atoms. The highest BCUT2D eigenvalue weighted by Crippen LogP contribution is 2.29. The molecule has 88 valence electrons. The van der Waals surface area contributed by atoms with Crippen LogP contribution in [0.3, 0.4) is 0 Å². The maximum absolute atomic E-state index is 6.22. The summed E-state index contributed by atoms with van der Waals surface area (Å²) >= 11 is 6.22. The number of benzene rings is 1. The minimum atomic E-state index is 0.328. The van der Waals surface area contributed by atoms with E-state index < -0.39 is 0 Å². The SMILES string of the molecule is Cc1ccc(CNC2(C)CCCC2)c(Cl)c1. The molecular weight excluding hydrogens is 218 g/mol. The van der Waals surface area contributed by atoms with Gasteiger partial charge in [-0.2, -0.15) is 0 Å². The predicted octanol–water partition coefficient (Wildman–Crippen LogP) is 4.07. The second-order valence-electron chi connectivity index (χ2n) is 5.22. The Morgan fingerprint density at radius 3 is 2.62 bits per heavy atom. The van der Waals surface area contributed by atoms with E-state index >= 15 is 0 Å². The minimum absolute atomic E-state index is 0.328. The first-order chi connectivity index (χ1) is 7.59. The number of hydrogen-bond acceptors (Lipinski definition) is 1. The molecule has 0 aliphatic heterocycles. The molecule has 0 radical (unpaired) electrons. The molecule has 0 atom stereocenters. The van der Waals surface area contributed by atoms with Crippen molar-refractivity contribution in [3.8, 4) is 0 Å². The second kappa shape index (κ2) is 4.77. The van der Waals surface area contributed by atoms with Crippen LogP contribution in [-0.2, 0) is 6.54 Å². The zero-order chi connectivity index (χ0) is 11.6. The molecule has 1 N–H and O–H groups in total. The summed E-state index contributed by atoms with van der Waals surface area (Å²) in [5.41, 5.74) is 2.76. The van der Waals surface area contributed by atoms with Crippen LogP contribution in [0, 0.1) is 6.92 Å². The van der Waals surface area contributed by atoms with Gasteiger partial charge in [0, 0.05) is 17.1 Å². The molecule has 1 fully saturated rings. The van der Waals surface area contributed by atoms with Gasteiger partial charge in [0.15, 0.2) is 0 Å². The topological polar surface area (TPSA) is 12.0 Å². The molecule has 1 saturated carbocycles. The predicted molar refractivity (Wildman–Crippen MR) is 69.9 cm³/mol. The largest absolute Gasteiger partial charge is 0.307 e. The average molecular weight is 238 g/mol. The van der Waals surface area contributed by atoms with E-state index in [9.17, 15) is 0 Å². The summed E-state index contributed by atoms with van der Waals surface area (Å²) in [6.45, 7) is 5.28. The fourth-order valence-electron chi connectivity index (χ4n) is 2.44. The van der Waals surface area contributed by atoms with Crippen LogP contribution in [0.2, 0.25) is 5.02 Å². The number of halogens is 1. The van der Waals surface area contributed by atoms with Crippen LogP contribution in [0.15, 0.2) is 18.2 Å². The first kappa shape index (κ1) is 11.9. The molecular formula is C14H20ClN. The van der Waals surface area contributed by atoms with Gasteiger partial charge < -0.3 is 5.32 Å². The van der Waals surface area contributed by atoms with E-state index in [1.807, 2.05) is 6.07 Å². The van der Waals surface area contributed by atoms with E-state index in [4.69, 9.17) is 11.6 Å². The molecule has 2 heteroatoms. The van der Waals surface area contributed by atoms with Gasteiger partial charge in [0.2, 0.25) is 0 Å². The summed E-state index contributed by atoms with van der Waals surface area (Å²) in [5.74, 6) is 0. The van der Waals surface area contributed by atoms with Crippen molar-refractivity contribution in [1.82, 2.24) is 5.32 Å². The lowest BCUT2D eigenvalue weighted by atomic mass is 10.00. The third-order valence-corrected chi connectivity index (χ3v) is 3.97. The average Bonchev–Trinajstić information content (AvgIpc) is 2.64. The van der Waals surface area contributed by atoms with Gasteiger partial charge in [0.1, 0.15) is 0 Å². The number of rotatable bonds is 3. The van der Waals surface area contributed by atoms with Crippen molar-refractivity contribution in [2.24, 2.45) is 0 Å². The molecule has 0 unspecified atom stereocenters. The maximum atomic E-state index is 6.22. The Morgan fingerprint density at radius 1 is 1.31 bits per heavy atom. The first-order valence-electron chi connectivity index (χ1n) is 6.09. The van der Waals surface area contributed by atoms with E-state index in [1.165, 1.54) is 36.8 Å². The molecule has 1 nitrogen and oxygen atoms in total. The summed E-state index contributed by atoms with van der Waals surface area (Å²) < 4.78 is 0. The van der Waals surface area contributed by atoms with Crippen LogP contribution in [0.25, 0.3) is 0 Å². The summed E-state index contributed by atoms with van der Waals surface area (Å²) in [5, 5.41) is 4.53. The van der Waals surface area contributed by atoms with Crippen molar-refractivity contribution in [2.45, 2.75) is 51.6 Å². The molecule has 0 heterocycles. The number of nitrogens with one attached hydrogen (secondary N) is 1. The highest BCUT2D eigenvalue weighted by atomic mass is 35.5. The Labute approximate surface area is 103 Å². The third-order valence-electron chi connectivity index (χ3n) is 3.62. The van der Waals surface area contributed by atoms with Crippen LogP contribution in [0.1, 0.15) is 43.7 Å². The van der Waals surface area contributed by atoms with Gasteiger partial charge >= 0.3 is 0 Å². The minimum Gasteiger partial charge on any atom is -0.307 e. The quantitative estimate of drug-likeness (QED) is 0.836. The molecule has 1 aromatic carbocycles. The van der Waals surface area contributed by atoms with Gasteiger partial charge in [-0.15, -0.1) is 0 Å². The number of aryl methyl sites for hydroxylation is 1. The van der Waals surface area contributed by atoms with Crippen molar-refractivity contribution in [3.05, 3.63) is 34.3 Å². The molecule has 0 bridgehead atoms. The monoisotopic (exact) mass is 237 g/mol. The van der Waals surface area contributed by atoms with Crippen LogP contribution in [0.4, 0.5) is 0 Å². The van der Waals surface area contributed by atoms with E-state index in [0.717, 1.165) is 11.6 Å². The van der Waals surface area contributed by atoms with E-state index in [1.54, 1.807) is 0 Å². The molecule has 1 aliphatic rings. The molecule has 1 aliphatic carbocycles. The molecule has 0 amide bonds. The van der Waals surface area contributed by atoms with Crippen LogP contribution >= 0.6 is 11.6 Å². The zero-order valence-corrected chi connectivity index (χ0v) is 10.9. The van der Waals surface area contributed by atoms with Crippen molar-refractivity contribution < 1.29 is 0 Å². The van der Waals surface area contributed by atoms with Crippen molar-refractivity contribution in [1.29, 1.82) is 0 Å². The fraction of sp³-hybridized carbons (Fsp3) is 0.571. The van der Waals surface area contributed by atoms with Crippen molar-refractivity contribution in [3.63, 3.8) is 0 Å². The second-order valence-corrected chi connectivity index (χ2v) is 5.62. The van der Waals surface area contributed by atoms with Crippen LogP contribution in [0.5, 0.6) is 0 Å². The van der Waals surface area contributed by atoms with E-state index in [2.05, 4.69) is 31.3 Å². The zero-order valence-electron chi connectivity index (χ0n) is 10.1. The summed E-state index contributed by atoms with van der Waals surface area (Å²) in [7, 11) is 0. The van der Waals surface area contributed by atoms with Gasteiger partial charge in [-0.1, -0.05) is 36.6 Å². The Balaban J connectivity index is 1.99. The van der Waals surface area contributed by atoms with Crippen LogP contribution < -0.4 is 5.32 Å². The van der Waals surface area contributed by atoms with Gasteiger partial charge in [-0.25, -0.2) is 0 Å². The van der Waals surface area contributed by atoms with Crippen LogP contribution in [-0.4, -0.2) is 5.54 Å². The lowest BCUT2D eigenvalue weighted by molar-refractivity contribution is 0.363. The standard InChI is InChI=1S/C14H20ClN/c1-11-5-6-12(13(15)9-11)10-16-14(2)7-3-4-8-14/h5-6,9,16H,3-4,7-8,10H2,1-2H3. The smallest absolute Gasteiger partial charge is 0.0453 e. The van der Waals surface area contributed by atoms with Crippen molar-refractivity contribution >= 4 is 11.6 Å². The molecule has 1 aromatic rings. The normalized spacial score (nSPS) is 18.9. The highest BCUT2D eigenvalue weighted by Gasteiger charge is 2.27. The Bertz CT molecular complexity index is 367. The first-order valence-corrected chi connectivity index (χ1v) is 6.47. The van der Waals surface area contributed by atoms with Gasteiger partial charge in [0.05, 0.1) is 0 Å². The third kappa shape index (κ3) is 2.78. The lowest BCUT2D eigenvalue weighted by Crippen LogP contribution is -2.38. The van der Waals surface area contributed by atoms with Crippen molar-refractivity contribution in [2.75, 3.05) is 0 Å². The summed E-state index contributed by atoms with van der Waals surface area (Å²) in [6.07, 6.45) is 5.28. The summed E-state index contributed by atoms with van der Waals surface area (Å²) in [6, 6.07) is 6.29. The Hall–Kier alpha value is -0.530. The highest BCUT2D eigenvalue weighted by molar-refractivity contribution is 6.31. The van der Waals surface area contributed by atoms with E-state index in [0.29, 0.717) is 5.54 Å². The summed E-state index contributed by atoms with van der Waals surface area (Å²) in [4.78, 5) is 0. The van der Waals surface area contributed by atoms with Gasteiger partial charge in [-0.05, 0) is 43.9 Å². The molecule has 0 saturated heterocycles. The molecule has 0 aromatic heterocycles. The molecule has 2 rings (SSSR count). The Morgan fingerprint density at radius 2 is 2.00 bits per heavy atom. The van der Waals surface area contributed by atoms with Gasteiger partial charge in [-0.3, -0.25) is 0 Å². The lowest BCUT2D eigenvalue weighted by Gasteiger charge is -2.25. The Kier molecular flexibility index (Phi) is 3.56.